The fourth-order valence-corrected chi connectivity index (χ4v) is 1.97. The van der Waals surface area contributed by atoms with Crippen LogP contribution < -0.4 is 4.90 Å². The van der Waals surface area contributed by atoms with Crippen LogP contribution in [0.15, 0.2) is 47.1 Å². The van der Waals surface area contributed by atoms with Crippen molar-refractivity contribution in [3.05, 3.63) is 58.3 Å². The predicted octanol–water partition coefficient (Wildman–Crippen LogP) is 2.82. The molecule has 0 spiro atoms. The standard InChI is InChI=1S/C14H11BrN2O3/c1-17(12-5-3-2-4-10(12)14(19)20)13(18)11-7-6-9(15)8-16-11/h2-8H,1H3,(H,19,20). The largest absolute Gasteiger partial charge is 0.478 e. The Labute approximate surface area is 124 Å². The molecule has 2 rings (SSSR count). The molecule has 0 bridgehead atoms. The number of pyridine rings is 1. The van der Waals surface area contributed by atoms with E-state index < -0.39 is 5.97 Å². The molecule has 0 atom stereocenters. The van der Waals surface area contributed by atoms with Gasteiger partial charge in [-0.1, -0.05) is 12.1 Å². The lowest BCUT2D eigenvalue weighted by Crippen LogP contribution is -2.28. The lowest BCUT2D eigenvalue weighted by molar-refractivity contribution is 0.0697. The zero-order valence-electron chi connectivity index (χ0n) is 10.6. The number of rotatable bonds is 3. The maximum atomic E-state index is 12.3. The Morgan fingerprint density at radius 2 is 1.90 bits per heavy atom. The molecule has 0 aliphatic rings. The van der Waals surface area contributed by atoms with Crippen molar-refractivity contribution in [2.45, 2.75) is 0 Å². The van der Waals surface area contributed by atoms with Gasteiger partial charge < -0.3 is 10.0 Å². The number of hydrogen-bond acceptors (Lipinski definition) is 3. The minimum absolute atomic E-state index is 0.0699. The summed E-state index contributed by atoms with van der Waals surface area (Å²) in [5, 5.41) is 9.14. The summed E-state index contributed by atoms with van der Waals surface area (Å²) >= 11 is 3.24. The van der Waals surface area contributed by atoms with Gasteiger partial charge in [-0.05, 0) is 40.2 Å². The molecule has 6 heteroatoms. The molecule has 2 aromatic rings. The van der Waals surface area contributed by atoms with Gasteiger partial charge in [0.1, 0.15) is 5.69 Å². The minimum Gasteiger partial charge on any atom is -0.478 e. The highest BCUT2D eigenvalue weighted by Crippen LogP contribution is 2.21. The number of para-hydroxylation sites is 1. The highest BCUT2D eigenvalue weighted by molar-refractivity contribution is 9.10. The monoisotopic (exact) mass is 334 g/mol. The number of nitrogens with zero attached hydrogens (tertiary/aromatic N) is 2. The first kappa shape index (κ1) is 14.2. The van der Waals surface area contributed by atoms with Crippen LogP contribution in [0, 0.1) is 0 Å². The summed E-state index contributed by atoms with van der Waals surface area (Å²) in [4.78, 5) is 28.7. The van der Waals surface area contributed by atoms with E-state index in [1.807, 2.05) is 0 Å². The number of anilines is 1. The number of carbonyl (C=O) groups excluding carboxylic acids is 1. The van der Waals surface area contributed by atoms with Gasteiger partial charge in [0.2, 0.25) is 0 Å². The second-order valence-electron chi connectivity index (χ2n) is 4.05. The molecule has 1 aromatic carbocycles. The smallest absolute Gasteiger partial charge is 0.337 e. The number of hydrogen-bond donors (Lipinski definition) is 1. The van der Waals surface area contributed by atoms with Crippen molar-refractivity contribution in [1.82, 2.24) is 4.98 Å². The van der Waals surface area contributed by atoms with Gasteiger partial charge in [0, 0.05) is 17.7 Å². The van der Waals surface area contributed by atoms with Gasteiger partial charge in [-0.3, -0.25) is 4.79 Å². The highest BCUT2D eigenvalue weighted by Gasteiger charge is 2.19. The van der Waals surface area contributed by atoms with Crippen LogP contribution in [0.1, 0.15) is 20.8 Å². The highest BCUT2D eigenvalue weighted by atomic mass is 79.9. The maximum Gasteiger partial charge on any atom is 0.337 e. The van der Waals surface area contributed by atoms with Crippen molar-refractivity contribution in [1.29, 1.82) is 0 Å². The molecule has 102 valence electrons. The van der Waals surface area contributed by atoms with E-state index in [1.54, 1.807) is 30.3 Å². The van der Waals surface area contributed by atoms with Gasteiger partial charge in [0.25, 0.3) is 5.91 Å². The Bertz CT molecular complexity index is 656. The Kier molecular flexibility index (Phi) is 4.14. The second kappa shape index (κ2) is 5.83. The van der Waals surface area contributed by atoms with Crippen molar-refractivity contribution in [3.8, 4) is 0 Å². The first-order valence-electron chi connectivity index (χ1n) is 5.72. The quantitative estimate of drug-likeness (QED) is 0.936. The van der Waals surface area contributed by atoms with Crippen LogP contribution >= 0.6 is 15.9 Å². The molecular formula is C14H11BrN2O3. The van der Waals surface area contributed by atoms with Gasteiger partial charge in [0.05, 0.1) is 11.3 Å². The molecule has 20 heavy (non-hydrogen) atoms. The zero-order valence-corrected chi connectivity index (χ0v) is 12.2. The number of carboxylic acids is 1. The van der Waals surface area contributed by atoms with E-state index >= 15 is 0 Å². The number of benzene rings is 1. The van der Waals surface area contributed by atoms with Gasteiger partial charge >= 0.3 is 5.97 Å². The molecule has 0 saturated carbocycles. The van der Waals surface area contributed by atoms with E-state index in [-0.39, 0.29) is 17.2 Å². The third-order valence-electron chi connectivity index (χ3n) is 2.75. The fourth-order valence-electron chi connectivity index (χ4n) is 1.73. The van der Waals surface area contributed by atoms with Gasteiger partial charge in [-0.25, -0.2) is 9.78 Å². The van der Waals surface area contributed by atoms with Gasteiger partial charge in [-0.2, -0.15) is 0 Å². The zero-order chi connectivity index (χ0) is 14.7. The Morgan fingerprint density at radius 1 is 1.20 bits per heavy atom. The molecule has 5 nitrogen and oxygen atoms in total. The van der Waals surface area contributed by atoms with Crippen LogP contribution in [-0.4, -0.2) is 29.0 Å². The van der Waals surface area contributed by atoms with E-state index in [2.05, 4.69) is 20.9 Å². The molecule has 0 saturated heterocycles. The molecule has 0 fully saturated rings. The summed E-state index contributed by atoms with van der Waals surface area (Å²) in [6.45, 7) is 0. The Hall–Kier alpha value is -2.21. The average Bonchev–Trinajstić information content (AvgIpc) is 2.46. The van der Waals surface area contributed by atoms with Crippen LogP contribution in [0.2, 0.25) is 0 Å². The molecule has 1 amide bonds. The summed E-state index contributed by atoms with van der Waals surface area (Å²) < 4.78 is 0.766. The molecular weight excluding hydrogens is 324 g/mol. The summed E-state index contributed by atoms with van der Waals surface area (Å²) in [5.74, 6) is -1.45. The lowest BCUT2D eigenvalue weighted by Gasteiger charge is -2.18. The first-order chi connectivity index (χ1) is 9.50. The van der Waals surface area contributed by atoms with Crippen molar-refractivity contribution in [2.24, 2.45) is 0 Å². The number of halogens is 1. The van der Waals surface area contributed by atoms with Crippen LogP contribution in [0.3, 0.4) is 0 Å². The van der Waals surface area contributed by atoms with Crippen molar-refractivity contribution < 1.29 is 14.7 Å². The summed E-state index contributed by atoms with van der Waals surface area (Å²) in [6, 6.07) is 9.61. The predicted molar refractivity (Wildman–Crippen MR) is 78.1 cm³/mol. The third-order valence-corrected chi connectivity index (χ3v) is 3.22. The SMILES string of the molecule is CN(C(=O)c1ccc(Br)cn1)c1ccccc1C(=O)O. The van der Waals surface area contributed by atoms with Gasteiger partial charge in [0.15, 0.2) is 0 Å². The molecule has 0 aliphatic carbocycles. The summed E-state index contributed by atoms with van der Waals surface area (Å²) in [6.07, 6.45) is 1.52. The van der Waals surface area contributed by atoms with E-state index in [1.165, 1.54) is 24.2 Å². The number of aromatic nitrogens is 1. The van der Waals surface area contributed by atoms with Crippen LogP contribution in [0.25, 0.3) is 0 Å². The molecule has 1 aromatic heterocycles. The molecule has 1 heterocycles. The van der Waals surface area contributed by atoms with E-state index in [0.29, 0.717) is 5.69 Å². The first-order valence-corrected chi connectivity index (χ1v) is 6.52. The second-order valence-corrected chi connectivity index (χ2v) is 4.96. The number of carboxylic acid groups (broad SMARTS) is 1. The van der Waals surface area contributed by atoms with Crippen LogP contribution in [0.5, 0.6) is 0 Å². The number of amides is 1. The molecule has 0 aliphatic heterocycles. The van der Waals surface area contributed by atoms with Crippen LogP contribution in [-0.2, 0) is 0 Å². The number of carbonyl (C=O) groups is 2. The van der Waals surface area contributed by atoms with Crippen molar-refractivity contribution in [2.75, 3.05) is 11.9 Å². The average molecular weight is 335 g/mol. The van der Waals surface area contributed by atoms with Crippen molar-refractivity contribution in [3.63, 3.8) is 0 Å². The normalized spacial score (nSPS) is 10.1. The van der Waals surface area contributed by atoms with Crippen LogP contribution in [0.4, 0.5) is 5.69 Å². The fraction of sp³-hybridized carbons (Fsp3) is 0.0714. The number of aromatic carboxylic acids is 1. The molecule has 0 radical (unpaired) electrons. The molecule has 1 N–H and O–H groups in total. The Balaban J connectivity index is 2.36. The van der Waals surface area contributed by atoms with E-state index in [4.69, 9.17) is 5.11 Å². The van der Waals surface area contributed by atoms with E-state index in [0.717, 1.165) is 4.47 Å². The topological polar surface area (TPSA) is 70.5 Å². The molecule has 0 unspecified atom stereocenters. The third kappa shape index (κ3) is 2.85. The maximum absolute atomic E-state index is 12.3. The summed E-state index contributed by atoms with van der Waals surface area (Å²) in [7, 11) is 1.52. The van der Waals surface area contributed by atoms with Gasteiger partial charge in [-0.15, -0.1) is 0 Å². The summed E-state index contributed by atoms with van der Waals surface area (Å²) in [5.41, 5.74) is 0.645. The minimum atomic E-state index is -1.08. The lowest BCUT2D eigenvalue weighted by atomic mass is 10.1. The van der Waals surface area contributed by atoms with E-state index in [9.17, 15) is 9.59 Å². The Morgan fingerprint density at radius 3 is 2.50 bits per heavy atom. The van der Waals surface area contributed by atoms with Crippen molar-refractivity contribution >= 4 is 33.5 Å².